The van der Waals surface area contributed by atoms with Gasteiger partial charge in [-0.05, 0) is 43.5 Å². The van der Waals surface area contributed by atoms with Gasteiger partial charge in [0.2, 0.25) is 0 Å². The van der Waals surface area contributed by atoms with Crippen molar-refractivity contribution in [3.05, 3.63) is 59.7 Å². The van der Waals surface area contributed by atoms with Gasteiger partial charge in [0.15, 0.2) is 6.54 Å². The standard InChI is InChI=1S/C24H33N3O2/c1-4-20-10-12-21(13-11-20)19(3)25-24(28)18-26-14-16-27(17-15-26)22-8-6-7-9-23(22)29-5-2/h6-13,19H,4-5,14-18H2,1-3H3,(H,25,28)/p+1/t19-/m1/s1. The molecule has 0 bridgehead atoms. The van der Waals surface area contributed by atoms with Crippen LogP contribution in [0.4, 0.5) is 5.69 Å². The lowest BCUT2D eigenvalue weighted by Gasteiger charge is -2.34. The van der Waals surface area contributed by atoms with E-state index in [9.17, 15) is 4.79 Å². The maximum absolute atomic E-state index is 12.5. The number of nitrogens with one attached hydrogen (secondary N) is 2. The topological polar surface area (TPSA) is 46.0 Å². The van der Waals surface area contributed by atoms with E-state index in [1.807, 2.05) is 19.1 Å². The van der Waals surface area contributed by atoms with Gasteiger partial charge in [0.25, 0.3) is 5.91 Å². The van der Waals surface area contributed by atoms with Crippen LogP contribution in [0.1, 0.15) is 37.9 Å². The number of para-hydroxylation sites is 2. The van der Waals surface area contributed by atoms with Gasteiger partial charge in [0.05, 0.1) is 44.5 Å². The third-order valence-corrected chi connectivity index (χ3v) is 5.65. The van der Waals surface area contributed by atoms with E-state index in [-0.39, 0.29) is 11.9 Å². The van der Waals surface area contributed by atoms with E-state index in [1.165, 1.54) is 10.5 Å². The van der Waals surface area contributed by atoms with Crippen molar-refractivity contribution in [2.75, 3.05) is 44.2 Å². The van der Waals surface area contributed by atoms with Gasteiger partial charge in [0, 0.05) is 0 Å². The third-order valence-electron chi connectivity index (χ3n) is 5.65. The molecule has 1 atom stereocenters. The minimum atomic E-state index is 0.0344. The predicted octanol–water partition coefficient (Wildman–Crippen LogP) is 2.23. The van der Waals surface area contributed by atoms with Gasteiger partial charge in [0.1, 0.15) is 5.75 Å². The van der Waals surface area contributed by atoms with E-state index in [1.54, 1.807) is 0 Å². The van der Waals surface area contributed by atoms with Gasteiger partial charge in [-0.1, -0.05) is 43.3 Å². The van der Waals surface area contributed by atoms with Crippen molar-refractivity contribution in [2.24, 2.45) is 0 Å². The Kier molecular flexibility index (Phi) is 7.53. The number of carbonyl (C=O) groups excluding carboxylic acids is 1. The number of amides is 1. The maximum Gasteiger partial charge on any atom is 0.275 e. The molecule has 0 saturated carbocycles. The molecule has 29 heavy (non-hydrogen) atoms. The number of piperazine rings is 1. The molecule has 2 aromatic carbocycles. The first-order valence-electron chi connectivity index (χ1n) is 10.8. The van der Waals surface area contributed by atoms with Gasteiger partial charge in [-0.25, -0.2) is 0 Å². The molecule has 1 aliphatic heterocycles. The molecule has 0 radical (unpaired) electrons. The SMILES string of the molecule is CCOc1ccccc1N1CC[NH+](CC(=O)N[C@H](C)c2ccc(CC)cc2)CC1. The number of benzene rings is 2. The van der Waals surface area contributed by atoms with E-state index < -0.39 is 0 Å². The van der Waals surface area contributed by atoms with Crippen molar-refractivity contribution in [3.8, 4) is 5.75 Å². The summed E-state index contributed by atoms with van der Waals surface area (Å²) in [6, 6.07) is 16.8. The first-order chi connectivity index (χ1) is 14.1. The number of hydrogen-bond donors (Lipinski definition) is 2. The molecule has 3 rings (SSSR count). The first-order valence-corrected chi connectivity index (χ1v) is 10.8. The lowest BCUT2D eigenvalue weighted by molar-refractivity contribution is -0.892. The highest BCUT2D eigenvalue weighted by Gasteiger charge is 2.24. The number of anilines is 1. The molecule has 2 aromatic rings. The molecule has 2 N–H and O–H groups in total. The zero-order chi connectivity index (χ0) is 20.6. The Morgan fingerprint density at radius 1 is 1.10 bits per heavy atom. The monoisotopic (exact) mass is 396 g/mol. The summed E-state index contributed by atoms with van der Waals surface area (Å²) in [6.45, 7) is 11.2. The van der Waals surface area contributed by atoms with Crippen LogP contribution in [0.3, 0.4) is 0 Å². The van der Waals surface area contributed by atoms with Crippen LogP contribution in [0.2, 0.25) is 0 Å². The molecule has 0 spiro atoms. The molecular formula is C24H34N3O2+. The van der Waals surface area contributed by atoms with E-state index in [2.05, 4.69) is 60.5 Å². The molecule has 5 heteroatoms. The summed E-state index contributed by atoms with van der Waals surface area (Å²) in [5, 5.41) is 3.16. The van der Waals surface area contributed by atoms with Crippen LogP contribution < -0.4 is 19.9 Å². The number of carbonyl (C=O) groups is 1. The van der Waals surface area contributed by atoms with Crippen LogP contribution in [-0.2, 0) is 11.2 Å². The highest BCUT2D eigenvalue weighted by atomic mass is 16.5. The number of rotatable bonds is 8. The second-order valence-electron chi connectivity index (χ2n) is 7.70. The molecule has 1 fully saturated rings. The van der Waals surface area contributed by atoms with Crippen LogP contribution in [0.25, 0.3) is 0 Å². The summed E-state index contributed by atoms with van der Waals surface area (Å²) < 4.78 is 5.77. The summed E-state index contributed by atoms with van der Waals surface area (Å²) in [7, 11) is 0. The summed E-state index contributed by atoms with van der Waals surface area (Å²) >= 11 is 0. The fourth-order valence-electron chi connectivity index (χ4n) is 3.88. The molecule has 0 unspecified atom stereocenters. The van der Waals surface area contributed by atoms with Crippen molar-refractivity contribution in [1.29, 1.82) is 0 Å². The predicted molar refractivity (Wildman–Crippen MR) is 118 cm³/mol. The Bertz CT molecular complexity index is 783. The molecule has 1 aliphatic rings. The largest absolute Gasteiger partial charge is 0.492 e. The van der Waals surface area contributed by atoms with Crippen LogP contribution in [-0.4, -0.2) is 45.2 Å². The number of hydrogen-bond acceptors (Lipinski definition) is 3. The highest BCUT2D eigenvalue weighted by Crippen LogP contribution is 2.27. The molecule has 1 saturated heterocycles. The lowest BCUT2D eigenvalue weighted by Crippen LogP contribution is -3.15. The zero-order valence-corrected chi connectivity index (χ0v) is 17.9. The van der Waals surface area contributed by atoms with Crippen LogP contribution in [0.15, 0.2) is 48.5 Å². The summed E-state index contributed by atoms with van der Waals surface area (Å²) in [6.07, 6.45) is 1.03. The van der Waals surface area contributed by atoms with Crippen LogP contribution >= 0.6 is 0 Å². The third kappa shape index (κ3) is 5.73. The van der Waals surface area contributed by atoms with Crippen molar-refractivity contribution < 1.29 is 14.4 Å². The average Bonchev–Trinajstić information content (AvgIpc) is 2.75. The van der Waals surface area contributed by atoms with Gasteiger partial charge < -0.3 is 19.9 Å². The minimum absolute atomic E-state index is 0.0344. The second-order valence-corrected chi connectivity index (χ2v) is 7.70. The molecule has 0 aromatic heterocycles. The Morgan fingerprint density at radius 3 is 2.45 bits per heavy atom. The Balaban J connectivity index is 1.48. The molecule has 5 nitrogen and oxygen atoms in total. The van der Waals surface area contributed by atoms with Gasteiger partial charge in [-0.3, -0.25) is 4.79 Å². The second kappa shape index (κ2) is 10.3. The fourth-order valence-corrected chi connectivity index (χ4v) is 3.88. The molecule has 156 valence electrons. The minimum Gasteiger partial charge on any atom is -0.492 e. The van der Waals surface area contributed by atoms with Crippen molar-refractivity contribution in [1.82, 2.24) is 5.32 Å². The normalized spacial score (nSPS) is 15.8. The van der Waals surface area contributed by atoms with Gasteiger partial charge >= 0.3 is 0 Å². The van der Waals surface area contributed by atoms with Crippen molar-refractivity contribution in [2.45, 2.75) is 33.2 Å². The van der Waals surface area contributed by atoms with Gasteiger partial charge in [-0.15, -0.1) is 0 Å². The summed E-state index contributed by atoms with van der Waals surface area (Å²) in [4.78, 5) is 16.2. The van der Waals surface area contributed by atoms with Crippen LogP contribution in [0, 0.1) is 0 Å². The smallest absolute Gasteiger partial charge is 0.275 e. The van der Waals surface area contributed by atoms with E-state index in [0.717, 1.165) is 49.6 Å². The van der Waals surface area contributed by atoms with Gasteiger partial charge in [-0.2, -0.15) is 0 Å². The molecule has 1 heterocycles. The molecule has 1 amide bonds. The average molecular weight is 397 g/mol. The van der Waals surface area contributed by atoms with Crippen molar-refractivity contribution >= 4 is 11.6 Å². The Morgan fingerprint density at radius 2 is 1.79 bits per heavy atom. The molecule has 0 aliphatic carbocycles. The van der Waals surface area contributed by atoms with E-state index in [4.69, 9.17) is 4.74 Å². The fraction of sp³-hybridized carbons (Fsp3) is 0.458. The molecular weight excluding hydrogens is 362 g/mol. The number of nitrogens with zero attached hydrogens (tertiary/aromatic N) is 1. The Labute approximate surface area is 174 Å². The quantitative estimate of drug-likeness (QED) is 0.719. The van der Waals surface area contributed by atoms with Crippen LogP contribution in [0.5, 0.6) is 5.75 Å². The highest BCUT2D eigenvalue weighted by molar-refractivity contribution is 5.77. The van der Waals surface area contributed by atoms with Crippen molar-refractivity contribution in [3.63, 3.8) is 0 Å². The zero-order valence-electron chi connectivity index (χ0n) is 17.9. The lowest BCUT2D eigenvalue weighted by atomic mass is 10.0. The summed E-state index contributed by atoms with van der Waals surface area (Å²) in [5.74, 6) is 1.06. The Hall–Kier alpha value is -2.53. The summed E-state index contributed by atoms with van der Waals surface area (Å²) in [5.41, 5.74) is 3.63. The number of ether oxygens (including phenoxy) is 1. The van der Waals surface area contributed by atoms with E-state index in [0.29, 0.717) is 13.2 Å². The van der Waals surface area contributed by atoms with E-state index >= 15 is 0 Å². The number of quaternary nitrogens is 1. The first kappa shape index (κ1) is 21.2. The maximum atomic E-state index is 12.5. The number of aryl methyl sites for hydroxylation is 1.